The van der Waals surface area contributed by atoms with Gasteiger partial charge in [-0.2, -0.15) is 9.97 Å². The molecular weight excluding hydrogens is 410 g/mol. The van der Waals surface area contributed by atoms with Gasteiger partial charge in [0.2, 0.25) is 11.8 Å². The maximum Gasteiger partial charge on any atom is 0.231 e. The van der Waals surface area contributed by atoms with Crippen molar-refractivity contribution >= 4 is 17.6 Å². The smallest absolute Gasteiger partial charge is 0.231 e. The lowest BCUT2D eigenvalue weighted by molar-refractivity contribution is 0.361. The Bertz CT molecular complexity index is 1210. The van der Waals surface area contributed by atoms with E-state index in [1.165, 1.54) is 0 Å². The fourth-order valence-electron chi connectivity index (χ4n) is 3.88. The predicted molar refractivity (Wildman–Crippen MR) is 117 cm³/mol. The van der Waals surface area contributed by atoms with Crippen LogP contribution in [0.1, 0.15) is 30.3 Å². The van der Waals surface area contributed by atoms with E-state index in [2.05, 4.69) is 35.0 Å². The number of hydrogen-bond donors (Lipinski definition) is 1. The molecule has 32 heavy (non-hydrogen) atoms. The molecule has 0 saturated carbocycles. The number of nitrogens with one attached hydrogen (secondary N) is 1. The summed E-state index contributed by atoms with van der Waals surface area (Å²) in [5.41, 5.74) is 2.19. The van der Waals surface area contributed by atoms with Crippen molar-refractivity contribution in [2.75, 3.05) is 30.5 Å². The van der Waals surface area contributed by atoms with Gasteiger partial charge in [0.25, 0.3) is 0 Å². The molecule has 0 amide bonds. The summed E-state index contributed by atoms with van der Waals surface area (Å²) in [4.78, 5) is 29.3. The second-order valence-electron chi connectivity index (χ2n) is 7.51. The van der Waals surface area contributed by atoms with Gasteiger partial charge in [0.1, 0.15) is 17.2 Å². The molecule has 5 heterocycles. The van der Waals surface area contributed by atoms with Crippen molar-refractivity contribution in [1.82, 2.24) is 35.1 Å². The van der Waals surface area contributed by atoms with Crippen LogP contribution in [0.15, 0.2) is 41.6 Å². The minimum atomic E-state index is -0.0381. The molecule has 11 heteroatoms. The average molecular weight is 433 g/mol. The van der Waals surface area contributed by atoms with Gasteiger partial charge in [0.05, 0.1) is 25.2 Å². The maximum absolute atomic E-state index is 5.73. The van der Waals surface area contributed by atoms with Crippen LogP contribution in [0, 0.1) is 6.92 Å². The third-order valence-electron chi connectivity index (χ3n) is 5.55. The molecule has 0 aliphatic carbocycles. The van der Waals surface area contributed by atoms with Crippen LogP contribution < -0.4 is 14.5 Å². The van der Waals surface area contributed by atoms with Crippen LogP contribution in [-0.2, 0) is 0 Å². The van der Waals surface area contributed by atoms with E-state index < -0.39 is 0 Å². The fourth-order valence-corrected chi connectivity index (χ4v) is 3.88. The lowest BCUT2D eigenvalue weighted by Gasteiger charge is -2.24. The zero-order chi connectivity index (χ0) is 22.1. The molecule has 1 aliphatic rings. The molecular formula is C21H23N9O2. The van der Waals surface area contributed by atoms with Crippen LogP contribution in [0.3, 0.4) is 0 Å². The second-order valence-corrected chi connectivity index (χ2v) is 7.51. The number of rotatable bonds is 6. The van der Waals surface area contributed by atoms with Gasteiger partial charge in [-0.1, -0.05) is 5.16 Å². The third kappa shape index (κ3) is 3.61. The van der Waals surface area contributed by atoms with Crippen LogP contribution in [0.5, 0.6) is 5.88 Å². The first-order valence-electron chi connectivity index (χ1n) is 10.3. The summed E-state index contributed by atoms with van der Waals surface area (Å²) in [7, 11) is 3.49. The molecule has 164 valence electrons. The number of aromatic nitrogens is 7. The molecule has 4 aromatic rings. The Morgan fingerprint density at radius 3 is 2.81 bits per heavy atom. The van der Waals surface area contributed by atoms with Crippen LogP contribution in [0.2, 0.25) is 0 Å². The Kier molecular flexibility index (Phi) is 5.13. The topological polar surface area (TPSA) is 122 Å². The Labute approximate surface area is 184 Å². The number of aromatic amines is 1. The number of hydrogen-bond acceptors (Lipinski definition) is 10. The molecule has 0 spiro atoms. The SMILES string of the molecule is COc1cc(N(C)c2c[nH]cn2)nc(N2CCC[C@H]2c2cc(-c3nccnc3C)no2)n1. The molecule has 1 N–H and O–H groups in total. The van der Waals surface area contributed by atoms with E-state index in [-0.39, 0.29) is 6.04 Å². The van der Waals surface area contributed by atoms with Crippen molar-refractivity contribution < 1.29 is 9.26 Å². The van der Waals surface area contributed by atoms with Crippen LogP contribution in [0.25, 0.3) is 11.4 Å². The van der Waals surface area contributed by atoms with Crippen molar-refractivity contribution in [3.05, 3.63) is 48.5 Å². The lowest BCUT2D eigenvalue weighted by Crippen LogP contribution is -2.25. The Hall–Kier alpha value is -4.02. The average Bonchev–Trinajstić information content (AvgIpc) is 3.59. The molecule has 0 aromatic carbocycles. The van der Waals surface area contributed by atoms with Gasteiger partial charge in [-0.25, -0.2) is 4.98 Å². The van der Waals surface area contributed by atoms with E-state index >= 15 is 0 Å². The van der Waals surface area contributed by atoms with E-state index in [4.69, 9.17) is 14.2 Å². The summed E-state index contributed by atoms with van der Waals surface area (Å²) in [5, 5.41) is 4.24. The van der Waals surface area contributed by atoms with E-state index in [0.29, 0.717) is 29.0 Å². The van der Waals surface area contributed by atoms with Crippen LogP contribution in [0.4, 0.5) is 17.6 Å². The summed E-state index contributed by atoms with van der Waals surface area (Å²) < 4.78 is 11.2. The number of H-pyrrole nitrogens is 1. The van der Waals surface area contributed by atoms with Crippen molar-refractivity contribution in [2.24, 2.45) is 0 Å². The van der Waals surface area contributed by atoms with Gasteiger partial charge >= 0.3 is 0 Å². The minimum Gasteiger partial charge on any atom is -0.481 e. The van der Waals surface area contributed by atoms with Crippen molar-refractivity contribution in [2.45, 2.75) is 25.8 Å². The molecule has 0 bridgehead atoms. The number of nitrogens with zero attached hydrogens (tertiary/aromatic N) is 8. The second kappa shape index (κ2) is 8.25. The first kappa shape index (κ1) is 19.9. The summed E-state index contributed by atoms with van der Waals surface area (Å²) >= 11 is 0. The highest BCUT2D eigenvalue weighted by Crippen LogP contribution is 2.37. The fraction of sp³-hybridized carbons (Fsp3) is 0.333. The summed E-state index contributed by atoms with van der Waals surface area (Å²) in [6.07, 6.45) is 8.63. The molecule has 1 atom stereocenters. The quantitative estimate of drug-likeness (QED) is 0.485. The summed E-state index contributed by atoms with van der Waals surface area (Å²) in [6.45, 7) is 2.70. The van der Waals surface area contributed by atoms with E-state index in [9.17, 15) is 0 Å². The van der Waals surface area contributed by atoms with Gasteiger partial charge < -0.3 is 24.0 Å². The first-order chi connectivity index (χ1) is 15.6. The standard InChI is InChI=1S/C21H23N9O2/c1-13-20(24-7-6-23-13)14-9-16(32-28-14)15-5-4-8-30(15)21-26-17(10-19(27-21)31-3)29(2)18-11-22-12-25-18/h6-7,9-12,15H,4-5,8H2,1-3H3,(H,22,25)/t15-/m0/s1. The largest absolute Gasteiger partial charge is 0.481 e. The van der Waals surface area contributed by atoms with Crippen molar-refractivity contribution in [3.8, 4) is 17.3 Å². The number of anilines is 3. The molecule has 1 fully saturated rings. The van der Waals surface area contributed by atoms with E-state index in [0.717, 1.165) is 36.7 Å². The third-order valence-corrected chi connectivity index (χ3v) is 5.55. The Morgan fingerprint density at radius 2 is 2.03 bits per heavy atom. The maximum atomic E-state index is 5.73. The summed E-state index contributed by atoms with van der Waals surface area (Å²) in [6, 6.07) is 3.67. The van der Waals surface area contributed by atoms with E-state index in [1.54, 1.807) is 38.1 Å². The van der Waals surface area contributed by atoms with Gasteiger partial charge in [-0.15, -0.1) is 0 Å². The predicted octanol–water partition coefficient (Wildman–Crippen LogP) is 3.07. The zero-order valence-corrected chi connectivity index (χ0v) is 18.1. The first-order valence-corrected chi connectivity index (χ1v) is 10.3. The number of ether oxygens (including phenoxy) is 1. The van der Waals surface area contributed by atoms with E-state index in [1.807, 2.05) is 24.9 Å². The highest BCUT2D eigenvalue weighted by molar-refractivity contribution is 5.59. The number of methoxy groups -OCH3 is 1. The number of imidazole rings is 1. The summed E-state index contributed by atoms with van der Waals surface area (Å²) in [5.74, 6) is 3.22. The Balaban J connectivity index is 1.47. The molecule has 0 unspecified atom stereocenters. The highest BCUT2D eigenvalue weighted by Gasteiger charge is 2.32. The van der Waals surface area contributed by atoms with Gasteiger partial charge in [0, 0.05) is 44.3 Å². The molecule has 5 rings (SSSR count). The normalized spacial score (nSPS) is 15.8. The molecule has 1 saturated heterocycles. The van der Waals surface area contributed by atoms with Gasteiger partial charge in [-0.3, -0.25) is 9.97 Å². The lowest BCUT2D eigenvalue weighted by atomic mass is 10.1. The minimum absolute atomic E-state index is 0.0381. The zero-order valence-electron chi connectivity index (χ0n) is 18.1. The molecule has 0 radical (unpaired) electrons. The van der Waals surface area contributed by atoms with Crippen LogP contribution in [-0.4, -0.2) is 55.8 Å². The monoisotopic (exact) mass is 433 g/mol. The number of aryl methyl sites for hydroxylation is 1. The van der Waals surface area contributed by atoms with Crippen molar-refractivity contribution in [3.63, 3.8) is 0 Å². The van der Waals surface area contributed by atoms with Crippen molar-refractivity contribution in [1.29, 1.82) is 0 Å². The molecule has 1 aliphatic heterocycles. The Morgan fingerprint density at radius 1 is 1.16 bits per heavy atom. The molecule has 11 nitrogen and oxygen atoms in total. The van der Waals surface area contributed by atoms with Crippen LogP contribution >= 0.6 is 0 Å². The molecule has 4 aromatic heterocycles. The van der Waals surface area contributed by atoms with Gasteiger partial charge in [0.15, 0.2) is 11.6 Å². The van der Waals surface area contributed by atoms with Gasteiger partial charge in [-0.05, 0) is 19.8 Å². The highest BCUT2D eigenvalue weighted by atomic mass is 16.5.